The van der Waals surface area contributed by atoms with Crippen molar-refractivity contribution in [3.8, 4) is 17.2 Å². The molecule has 1 aromatic heterocycles. The predicted molar refractivity (Wildman–Crippen MR) is 132 cm³/mol. The van der Waals surface area contributed by atoms with Gasteiger partial charge in [0.2, 0.25) is 0 Å². The molecule has 2 heterocycles. The summed E-state index contributed by atoms with van der Waals surface area (Å²) in [5.41, 5.74) is 7.26. The van der Waals surface area contributed by atoms with Crippen LogP contribution in [0.2, 0.25) is 0 Å². The van der Waals surface area contributed by atoms with Crippen molar-refractivity contribution in [1.82, 2.24) is 4.98 Å². The smallest absolute Gasteiger partial charge is 0.159 e. The van der Waals surface area contributed by atoms with Crippen LogP contribution in [0.4, 0.5) is 17.2 Å². The Morgan fingerprint density at radius 2 is 1.81 bits per heavy atom. The molecule has 158 valence electrons. The van der Waals surface area contributed by atoms with Gasteiger partial charge in [-0.15, -0.1) is 0 Å². The van der Waals surface area contributed by atoms with Gasteiger partial charge in [-0.25, -0.2) is 4.98 Å². The van der Waals surface area contributed by atoms with E-state index in [0.29, 0.717) is 5.56 Å². The number of nitriles is 1. The Labute approximate surface area is 193 Å². The number of aryl methyl sites for hydroxylation is 1. The maximum absolute atomic E-state index is 9.46. The van der Waals surface area contributed by atoms with E-state index in [1.54, 1.807) is 0 Å². The summed E-state index contributed by atoms with van der Waals surface area (Å²) in [6.45, 7) is 6.45. The molecule has 0 fully saturated rings. The number of aromatic nitrogens is 1. The summed E-state index contributed by atoms with van der Waals surface area (Å²) < 4.78 is 1.08. The lowest BCUT2D eigenvalue weighted by Gasteiger charge is -2.30. The first-order chi connectivity index (χ1) is 15.0. The minimum atomic E-state index is 0.229. The highest BCUT2D eigenvalue weighted by Gasteiger charge is 2.37. The molecule has 3 aromatic rings. The molecular weight excluding hydrogens is 448 g/mol. The molecule has 0 amide bonds. The van der Waals surface area contributed by atoms with Crippen molar-refractivity contribution in [2.45, 2.75) is 46.2 Å². The fourth-order valence-electron chi connectivity index (χ4n) is 4.50. The van der Waals surface area contributed by atoms with E-state index in [1.807, 2.05) is 24.3 Å². The van der Waals surface area contributed by atoms with Crippen molar-refractivity contribution < 1.29 is 0 Å². The summed E-state index contributed by atoms with van der Waals surface area (Å²) in [5.74, 6) is 1.02. The van der Waals surface area contributed by atoms with Gasteiger partial charge in [-0.3, -0.25) is 0 Å². The summed E-state index contributed by atoms with van der Waals surface area (Å²) in [4.78, 5) is 9.73. The van der Waals surface area contributed by atoms with Gasteiger partial charge >= 0.3 is 0 Å². The van der Waals surface area contributed by atoms with Crippen LogP contribution in [0.3, 0.4) is 0 Å². The second kappa shape index (κ2) is 8.72. The molecule has 4 rings (SSSR count). The van der Waals surface area contributed by atoms with Gasteiger partial charge in [0, 0.05) is 17.2 Å². The average Bonchev–Trinajstić information content (AvgIpc) is 3.07. The number of nitrogens with zero attached hydrogens (tertiary/aromatic N) is 4. The van der Waals surface area contributed by atoms with Gasteiger partial charge in [0.15, 0.2) is 5.82 Å². The van der Waals surface area contributed by atoms with Crippen molar-refractivity contribution in [2.75, 3.05) is 16.8 Å². The van der Waals surface area contributed by atoms with Gasteiger partial charge in [-0.05, 0) is 77.5 Å². The van der Waals surface area contributed by atoms with E-state index in [-0.39, 0.29) is 6.17 Å². The van der Waals surface area contributed by atoms with Crippen LogP contribution in [-0.2, 0) is 0 Å². The monoisotopic (exact) mass is 474 g/mol. The van der Waals surface area contributed by atoms with E-state index in [2.05, 4.69) is 83.9 Å². The first-order valence-corrected chi connectivity index (χ1v) is 11.6. The zero-order chi connectivity index (χ0) is 22.1. The Morgan fingerprint density at radius 1 is 1.10 bits per heavy atom. The van der Waals surface area contributed by atoms with Crippen LogP contribution in [0.5, 0.6) is 0 Å². The highest BCUT2D eigenvalue weighted by molar-refractivity contribution is 9.10. The first kappa shape index (κ1) is 21.4. The van der Waals surface area contributed by atoms with Crippen molar-refractivity contribution in [2.24, 2.45) is 0 Å². The van der Waals surface area contributed by atoms with Crippen LogP contribution in [-0.4, -0.2) is 18.2 Å². The number of fused-ring (bicyclic) bond motifs is 1. The molecule has 0 bridgehead atoms. The summed E-state index contributed by atoms with van der Waals surface area (Å²) in [7, 11) is 2.17. The van der Waals surface area contributed by atoms with Crippen LogP contribution in [0.15, 0.2) is 53.0 Å². The molecule has 2 aromatic carbocycles. The van der Waals surface area contributed by atoms with Crippen molar-refractivity contribution in [1.29, 1.82) is 5.26 Å². The van der Waals surface area contributed by atoms with Gasteiger partial charge in [0.1, 0.15) is 6.17 Å². The van der Waals surface area contributed by atoms with Crippen molar-refractivity contribution in [3.05, 3.63) is 69.8 Å². The number of benzene rings is 2. The van der Waals surface area contributed by atoms with Gasteiger partial charge < -0.3 is 9.80 Å². The van der Waals surface area contributed by atoms with E-state index in [4.69, 9.17) is 4.98 Å². The van der Waals surface area contributed by atoms with E-state index in [0.717, 1.165) is 52.1 Å². The summed E-state index contributed by atoms with van der Waals surface area (Å²) in [5, 5.41) is 9.46. The molecule has 1 aliphatic rings. The number of rotatable bonds is 5. The van der Waals surface area contributed by atoms with Crippen molar-refractivity contribution >= 4 is 33.1 Å². The predicted octanol–water partition coefficient (Wildman–Crippen LogP) is 7.10. The van der Waals surface area contributed by atoms with Crippen LogP contribution in [0.25, 0.3) is 11.1 Å². The van der Waals surface area contributed by atoms with Crippen LogP contribution in [0, 0.1) is 25.2 Å². The van der Waals surface area contributed by atoms with E-state index < -0.39 is 0 Å². The normalized spacial score (nSPS) is 15.2. The lowest BCUT2D eigenvalue weighted by Crippen LogP contribution is -2.38. The van der Waals surface area contributed by atoms with Crippen LogP contribution in [0.1, 0.15) is 43.0 Å². The molecule has 0 radical (unpaired) electrons. The molecule has 0 N–H and O–H groups in total. The largest absolute Gasteiger partial charge is 0.351 e. The number of hydrogen-bond donors (Lipinski definition) is 0. The number of anilines is 3. The maximum Gasteiger partial charge on any atom is 0.159 e. The standard InChI is InChI=1S/C26H27BrN4/c1-5-6-11-23-30(4)25-17(2)24(27)18(3)29-26(25)31(23)21-14-12-19(13-15-21)22-10-8-7-9-20(22)16-28/h7-10,12-15,23H,5-6,11H2,1-4H3. The zero-order valence-electron chi connectivity index (χ0n) is 18.5. The van der Waals surface area contributed by atoms with Crippen molar-refractivity contribution in [3.63, 3.8) is 0 Å². The molecule has 1 unspecified atom stereocenters. The highest BCUT2D eigenvalue weighted by atomic mass is 79.9. The molecule has 0 aliphatic carbocycles. The molecule has 1 atom stereocenters. The lowest BCUT2D eigenvalue weighted by molar-refractivity contribution is 0.574. The average molecular weight is 475 g/mol. The van der Waals surface area contributed by atoms with E-state index in [9.17, 15) is 5.26 Å². The summed E-state index contributed by atoms with van der Waals surface area (Å²) in [6.07, 6.45) is 3.62. The quantitative estimate of drug-likeness (QED) is 0.395. The first-order valence-electron chi connectivity index (χ1n) is 10.8. The fourth-order valence-corrected chi connectivity index (χ4v) is 4.77. The lowest BCUT2D eigenvalue weighted by atomic mass is 10.00. The SMILES string of the molecule is CCCCC1N(C)c2c(nc(C)c(Br)c2C)N1c1ccc(-c2ccccc2C#N)cc1. The third-order valence-electron chi connectivity index (χ3n) is 6.13. The Balaban J connectivity index is 1.79. The van der Waals surface area contributed by atoms with E-state index >= 15 is 0 Å². The number of pyridine rings is 1. The van der Waals surface area contributed by atoms with Crippen LogP contribution >= 0.6 is 15.9 Å². The number of unbranched alkanes of at least 4 members (excludes halogenated alkanes) is 1. The molecule has 5 heteroatoms. The minimum Gasteiger partial charge on any atom is -0.351 e. The second-order valence-electron chi connectivity index (χ2n) is 8.12. The van der Waals surface area contributed by atoms with Gasteiger partial charge in [0.25, 0.3) is 0 Å². The molecule has 31 heavy (non-hydrogen) atoms. The molecule has 4 nitrogen and oxygen atoms in total. The van der Waals surface area contributed by atoms with Gasteiger partial charge in [-0.2, -0.15) is 5.26 Å². The third kappa shape index (κ3) is 3.70. The number of halogens is 1. The molecule has 0 spiro atoms. The highest BCUT2D eigenvalue weighted by Crippen LogP contribution is 2.47. The summed E-state index contributed by atoms with van der Waals surface area (Å²) >= 11 is 3.72. The molecular formula is C26H27BrN4. The van der Waals surface area contributed by atoms with Crippen LogP contribution < -0.4 is 9.80 Å². The zero-order valence-corrected chi connectivity index (χ0v) is 20.1. The fraction of sp³-hybridized carbons (Fsp3) is 0.308. The Kier molecular flexibility index (Phi) is 6.02. The Bertz CT molecular complexity index is 1150. The van der Waals surface area contributed by atoms with Gasteiger partial charge in [0.05, 0.1) is 23.0 Å². The minimum absolute atomic E-state index is 0.229. The Hall–Kier alpha value is -2.84. The molecule has 0 saturated carbocycles. The molecule has 0 saturated heterocycles. The third-order valence-corrected chi connectivity index (χ3v) is 7.30. The second-order valence-corrected chi connectivity index (χ2v) is 8.91. The molecule has 1 aliphatic heterocycles. The van der Waals surface area contributed by atoms with Gasteiger partial charge in [-0.1, -0.05) is 43.7 Å². The summed E-state index contributed by atoms with van der Waals surface area (Å²) in [6, 6.07) is 18.6. The number of hydrogen-bond acceptors (Lipinski definition) is 4. The maximum atomic E-state index is 9.46. The topological polar surface area (TPSA) is 43.2 Å². The Morgan fingerprint density at radius 3 is 2.48 bits per heavy atom. The van der Waals surface area contributed by atoms with E-state index in [1.165, 1.54) is 11.3 Å².